The molecule has 0 radical (unpaired) electrons. The Morgan fingerprint density at radius 2 is 1.84 bits per heavy atom. The van der Waals surface area contributed by atoms with E-state index in [-0.39, 0.29) is 19.6 Å². The molecule has 0 spiro atoms. The lowest BCUT2D eigenvalue weighted by atomic mass is 10.0. The Hall–Kier alpha value is -1.34. The van der Waals surface area contributed by atoms with Gasteiger partial charge in [0.25, 0.3) is 0 Å². The number of carboxylic acids is 1. The lowest BCUT2D eigenvalue weighted by Crippen LogP contribution is -2.37. The molecule has 0 saturated heterocycles. The van der Waals surface area contributed by atoms with Gasteiger partial charge in [0.2, 0.25) is 0 Å². The van der Waals surface area contributed by atoms with Crippen LogP contribution in [-0.4, -0.2) is 49.3 Å². The van der Waals surface area contributed by atoms with Crippen LogP contribution in [0.1, 0.15) is 25.0 Å². The van der Waals surface area contributed by atoms with Crippen molar-refractivity contribution in [2.24, 2.45) is 0 Å². The molecule has 1 aromatic carbocycles. The third-order valence-electron chi connectivity index (χ3n) is 3.55. The second-order valence-corrected chi connectivity index (χ2v) is 7.67. The van der Waals surface area contributed by atoms with Crippen LogP contribution in [0.3, 0.4) is 0 Å². The normalized spacial score (nSPS) is 13.9. The van der Waals surface area contributed by atoms with Gasteiger partial charge in [0.1, 0.15) is 6.04 Å². The van der Waals surface area contributed by atoms with Gasteiger partial charge in [-0.25, -0.2) is 0 Å². The maximum atomic E-state index is 14.8. The summed E-state index contributed by atoms with van der Waals surface area (Å²) in [6.07, 6.45) is 0.0276. The van der Waals surface area contributed by atoms with Crippen LogP contribution in [0.4, 0.5) is 8.78 Å². The number of alkyl halides is 2. The highest BCUT2D eigenvalue weighted by atomic mass is 31.2. The van der Waals surface area contributed by atoms with E-state index in [2.05, 4.69) is 0 Å². The second-order valence-electron chi connectivity index (χ2n) is 5.60. The van der Waals surface area contributed by atoms with Crippen molar-refractivity contribution in [2.45, 2.75) is 32.0 Å². The molecule has 0 aliphatic heterocycles. The van der Waals surface area contributed by atoms with Crippen LogP contribution in [0.2, 0.25) is 0 Å². The van der Waals surface area contributed by atoms with Gasteiger partial charge in [-0.05, 0) is 46.0 Å². The van der Waals surface area contributed by atoms with Crippen LogP contribution in [0, 0.1) is 0 Å². The molecule has 0 unspecified atom stereocenters. The Balaban J connectivity index is 3.21. The van der Waals surface area contributed by atoms with Gasteiger partial charge < -0.3 is 14.2 Å². The summed E-state index contributed by atoms with van der Waals surface area (Å²) in [7, 11) is -1.51. The average molecular weight is 379 g/mol. The second kappa shape index (κ2) is 8.85. The lowest BCUT2D eigenvalue weighted by molar-refractivity contribution is -0.142. The van der Waals surface area contributed by atoms with E-state index in [1.807, 2.05) is 0 Å². The number of rotatable bonds is 10. The first kappa shape index (κ1) is 21.7. The quantitative estimate of drug-likeness (QED) is 0.627. The zero-order valence-corrected chi connectivity index (χ0v) is 15.6. The van der Waals surface area contributed by atoms with E-state index in [4.69, 9.17) is 9.05 Å². The van der Waals surface area contributed by atoms with E-state index in [0.29, 0.717) is 5.56 Å². The first-order chi connectivity index (χ1) is 11.6. The van der Waals surface area contributed by atoms with Gasteiger partial charge >= 0.3 is 19.2 Å². The summed E-state index contributed by atoms with van der Waals surface area (Å²) in [5.74, 6) is -1.06. The summed E-state index contributed by atoms with van der Waals surface area (Å²) < 4.78 is 51.6. The highest BCUT2D eigenvalue weighted by molar-refractivity contribution is 7.54. The van der Waals surface area contributed by atoms with Crippen molar-refractivity contribution < 1.29 is 32.3 Å². The molecule has 6 nitrogen and oxygen atoms in total. The van der Waals surface area contributed by atoms with Crippen molar-refractivity contribution in [3.63, 3.8) is 0 Å². The molecule has 0 fully saturated rings. The van der Waals surface area contributed by atoms with Gasteiger partial charge in [-0.1, -0.05) is 18.2 Å². The first-order valence-corrected chi connectivity index (χ1v) is 9.39. The Bertz CT molecular complexity index is 629. The molecule has 1 atom stereocenters. The van der Waals surface area contributed by atoms with Crippen LogP contribution in [0.25, 0.3) is 0 Å². The smallest absolute Gasteiger partial charge is 0.404 e. The largest absolute Gasteiger partial charge is 0.480 e. The van der Waals surface area contributed by atoms with E-state index < -0.39 is 30.8 Å². The molecule has 0 aliphatic carbocycles. The fourth-order valence-corrected chi connectivity index (χ4v) is 3.83. The molecule has 25 heavy (non-hydrogen) atoms. The fraction of sp³-hybridized carbons (Fsp3) is 0.562. The highest BCUT2D eigenvalue weighted by Crippen LogP contribution is 2.66. The topological polar surface area (TPSA) is 76.1 Å². The minimum Gasteiger partial charge on any atom is -0.480 e. The number of benzene rings is 1. The standard InChI is InChI=1S/C16H24F2NO5P/c1-5-23-25(22,24-6-2)16(17,18)13-9-7-8-12(10-13)11-14(15(20)21)19(3)4/h7-10,14H,5-6,11H2,1-4H3,(H,20,21)/t14-/m0/s1. The summed E-state index contributed by atoms with van der Waals surface area (Å²) in [6.45, 7) is 2.53. The van der Waals surface area contributed by atoms with Crippen molar-refractivity contribution in [2.75, 3.05) is 27.3 Å². The summed E-state index contributed by atoms with van der Waals surface area (Å²) in [4.78, 5) is 12.8. The minimum atomic E-state index is -4.70. The molecule has 142 valence electrons. The summed E-state index contributed by atoms with van der Waals surface area (Å²) in [5.41, 5.74) is -3.98. The predicted molar refractivity (Wildman–Crippen MR) is 90.0 cm³/mol. The van der Waals surface area contributed by atoms with Gasteiger partial charge in [-0.15, -0.1) is 0 Å². The molecule has 0 heterocycles. The Kier molecular flexibility index (Phi) is 7.68. The summed E-state index contributed by atoms with van der Waals surface area (Å²) >= 11 is 0. The van der Waals surface area contributed by atoms with Crippen LogP contribution in [0.5, 0.6) is 0 Å². The van der Waals surface area contributed by atoms with Crippen LogP contribution < -0.4 is 0 Å². The SMILES string of the molecule is CCOP(=O)(OCC)C(F)(F)c1cccc(C[C@@H](C(=O)O)N(C)C)c1. The number of aliphatic carboxylic acids is 1. The van der Waals surface area contributed by atoms with Gasteiger partial charge in [-0.2, -0.15) is 8.78 Å². The van der Waals surface area contributed by atoms with Crippen molar-refractivity contribution in [1.29, 1.82) is 0 Å². The van der Waals surface area contributed by atoms with Crippen molar-refractivity contribution in [3.05, 3.63) is 35.4 Å². The Labute approximate surface area is 146 Å². The highest BCUT2D eigenvalue weighted by Gasteiger charge is 2.54. The van der Waals surface area contributed by atoms with Crippen LogP contribution in [-0.2, 0) is 30.5 Å². The molecule has 0 saturated carbocycles. The van der Waals surface area contributed by atoms with E-state index in [9.17, 15) is 23.2 Å². The fourth-order valence-electron chi connectivity index (χ4n) is 2.30. The van der Waals surface area contributed by atoms with Crippen LogP contribution >= 0.6 is 7.60 Å². The Morgan fingerprint density at radius 3 is 2.28 bits per heavy atom. The third kappa shape index (κ3) is 5.07. The zero-order valence-electron chi connectivity index (χ0n) is 14.7. The molecule has 1 aromatic rings. The number of nitrogens with zero attached hydrogens (tertiary/aromatic N) is 1. The molecule has 0 amide bonds. The molecular formula is C16H24F2NO5P. The molecule has 1 rings (SSSR count). The van der Waals surface area contributed by atoms with Gasteiger partial charge in [0, 0.05) is 5.56 Å². The molecule has 0 aliphatic rings. The van der Waals surface area contributed by atoms with Crippen molar-refractivity contribution >= 4 is 13.6 Å². The number of likely N-dealkylation sites (N-methyl/N-ethyl adjacent to an activating group) is 1. The number of hydrogen-bond donors (Lipinski definition) is 1. The van der Waals surface area contributed by atoms with E-state index in [0.717, 1.165) is 12.1 Å². The first-order valence-electron chi connectivity index (χ1n) is 7.84. The predicted octanol–water partition coefficient (Wildman–Crippen LogP) is 3.56. The van der Waals surface area contributed by atoms with E-state index in [1.54, 1.807) is 20.2 Å². The van der Waals surface area contributed by atoms with E-state index >= 15 is 0 Å². The van der Waals surface area contributed by atoms with Crippen molar-refractivity contribution in [3.8, 4) is 0 Å². The van der Waals surface area contributed by atoms with E-state index in [1.165, 1.54) is 24.8 Å². The number of halogens is 2. The number of hydrogen-bond acceptors (Lipinski definition) is 5. The minimum absolute atomic E-state index is 0.0276. The summed E-state index contributed by atoms with van der Waals surface area (Å²) in [5, 5.41) is 9.23. The van der Waals surface area contributed by atoms with Gasteiger partial charge in [0.15, 0.2) is 0 Å². The zero-order chi connectivity index (χ0) is 19.3. The lowest BCUT2D eigenvalue weighted by Gasteiger charge is -2.26. The van der Waals surface area contributed by atoms with Crippen LogP contribution in [0.15, 0.2) is 24.3 Å². The van der Waals surface area contributed by atoms with Crippen molar-refractivity contribution in [1.82, 2.24) is 4.90 Å². The third-order valence-corrected chi connectivity index (χ3v) is 5.70. The average Bonchev–Trinajstić information content (AvgIpc) is 2.52. The molecule has 1 N–H and O–H groups in total. The van der Waals surface area contributed by atoms with Gasteiger partial charge in [0.05, 0.1) is 13.2 Å². The molecular weight excluding hydrogens is 355 g/mol. The molecule has 9 heteroatoms. The molecule has 0 bridgehead atoms. The number of carboxylic acid groups (broad SMARTS) is 1. The summed E-state index contributed by atoms with van der Waals surface area (Å²) in [6, 6.07) is 4.32. The Morgan fingerprint density at radius 1 is 1.28 bits per heavy atom. The number of carbonyl (C=O) groups is 1. The monoisotopic (exact) mass is 379 g/mol. The molecule has 0 aromatic heterocycles. The van der Waals surface area contributed by atoms with Gasteiger partial charge in [-0.3, -0.25) is 14.3 Å². The maximum absolute atomic E-state index is 14.8. The maximum Gasteiger partial charge on any atom is 0.404 e.